The van der Waals surface area contributed by atoms with Gasteiger partial charge in [-0.25, -0.2) is 0 Å². The van der Waals surface area contributed by atoms with Crippen molar-refractivity contribution < 1.29 is 74.4 Å². The number of carbonyl (C=O) groups is 1. The SMILES string of the molecule is C.O=C1CCCc2ccc(O)cc21.Oc1ccc2c(c1)[C@H](O)CCC2.Oc1ccc2c(c1)[C@H](O)CCC2.[Ac]. The first-order chi connectivity index (χ1) is 17.3. The quantitative estimate of drug-likeness (QED) is 0.192. The summed E-state index contributed by atoms with van der Waals surface area (Å²) in [5.41, 5.74) is 5.94. The maximum Gasteiger partial charge on any atom is 0.163 e. The summed E-state index contributed by atoms with van der Waals surface area (Å²) in [5, 5.41) is 46.7. The third-order valence-electron chi connectivity index (χ3n) is 7.07. The van der Waals surface area contributed by atoms with Gasteiger partial charge < -0.3 is 25.5 Å². The van der Waals surface area contributed by atoms with Crippen molar-refractivity contribution in [2.75, 3.05) is 0 Å². The summed E-state index contributed by atoms with van der Waals surface area (Å²) in [7, 11) is 0. The van der Waals surface area contributed by atoms with Crippen molar-refractivity contribution in [2.45, 2.75) is 77.4 Å². The molecule has 38 heavy (non-hydrogen) atoms. The van der Waals surface area contributed by atoms with Gasteiger partial charge in [0, 0.05) is 56.0 Å². The molecular formula is C31H38AcO6. The molecule has 3 aliphatic carbocycles. The fraction of sp³-hybridized carbons (Fsp3) is 0.387. The Labute approximate surface area is 260 Å². The van der Waals surface area contributed by atoms with E-state index in [2.05, 4.69) is 0 Å². The number of benzene rings is 3. The second kappa shape index (κ2) is 15.0. The van der Waals surface area contributed by atoms with E-state index in [0.29, 0.717) is 12.0 Å². The number of fused-ring (bicyclic) bond motifs is 3. The Morgan fingerprint density at radius 2 is 1.00 bits per heavy atom. The normalized spacial score (nSPS) is 18.8. The fourth-order valence-electron chi connectivity index (χ4n) is 5.14. The standard InChI is InChI=1S/2C10H12O2.C10H10O2.CH4.Ac/c3*11-8-5-4-7-2-1-3-10(12)9(7)6-8;;/h2*4-6,10-12H,1-3H2;4-6,11H,1-3H2;1H4;/t2*10-;;;/m11.../s1. The number of aliphatic hydroxyl groups is 2. The molecule has 201 valence electrons. The Bertz CT molecular complexity index is 1160. The first kappa shape index (κ1) is 32.3. The minimum absolute atomic E-state index is 0. The van der Waals surface area contributed by atoms with Crippen LogP contribution in [-0.2, 0) is 19.3 Å². The summed E-state index contributed by atoms with van der Waals surface area (Å²) >= 11 is 0. The zero-order chi connectivity index (χ0) is 25.7. The molecular weight excluding hydrogens is 695 g/mol. The molecule has 1 radical (unpaired) electrons. The molecule has 0 unspecified atom stereocenters. The molecule has 2 atom stereocenters. The molecule has 6 nitrogen and oxygen atoms in total. The molecule has 0 spiro atoms. The molecule has 3 aromatic carbocycles. The summed E-state index contributed by atoms with van der Waals surface area (Å²) in [6.07, 6.45) is 7.53. The Morgan fingerprint density at radius 1 is 0.579 bits per heavy atom. The van der Waals surface area contributed by atoms with Crippen LogP contribution >= 0.6 is 0 Å². The van der Waals surface area contributed by atoms with Crippen LogP contribution in [0.4, 0.5) is 0 Å². The maximum absolute atomic E-state index is 11.3. The van der Waals surface area contributed by atoms with Gasteiger partial charge in [-0.2, -0.15) is 0 Å². The third-order valence-corrected chi connectivity index (χ3v) is 7.07. The van der Waals surface area contributed by atoms with Gasteiger partial charge in [-0.15, -0.1) is 0 Å². The average Bonchev–Trinajstić information content (AvgIpc) is 2.87. The number of aromatic hydroxyl groups is 3. The molecule has 0 amide bonds. The topological polar surface area (TPSA) is 118 Å². The average molecular weight is 734 g/mol. The van der Waals surface area contributed by atoms with Gasteiger partial charge in [0.25, 0.3) is 0 Å². The second-order valence-corrected chi connectivity index (χ2v) is 9.70. The van der Waals surface area contributed by atoms with Crippen LogP contribution in [0.1, 0.15) is 96.3 Å². The maximum atomic E-state index is 11.3. The van der Waals surface area contributed by atoms with Gasteiger partial charge in [0.05, 0.1) is 12.2 Å². The van der Waals surface area contributed by atoms with Gasteiger partial charge >= 0.3 is 0 Å². The predicted molar refractivity (Wildman–Crippen MR) is 144 cm³/mol. The molecule has 0 aliphatic heterocycles. The van der Waals surface area contributed by atoms with Crippen molar-refractivity contribution in [2.24, 2.45) is 0 Å². The summed E-state index contributed by atoms with van der Waals surface area (Å²) in [6.45, 7) is 0. The zero-order valence-electron chi connectivity index (χ0n) is 20.9. The van der Waals surface area contributed by atoms with Crippen LogP contribution in [0, 0.1) is 44.1 Å². The van der Waals surface area contributed by atoms with Gasteiger partial charge in [0.15, 0.2) is 5.78 Å². The van der Waals surface area contributed by atoms with Crippen LogP contribution in [0.5, 0.6) is 17.2 Å². The molecule has 7 heteroatoms. The smallest absolute Gasteiger partial charge is 0.163 e. The van der Waals surface area contributed by atoms with Gasteiger partial charge in [0.1, 0.15) is 17.2 Å². The van der Waals surface area contributed by atoms with Crippen LogP contribution in [0.3, 0.4) is 0 Å². The van der Waals surface area contributed by atoms with E-state index in [4.69, 9.17) is 5.11 Å². The van der Waals surface area contributed by atoms with Crippen molar-refractivity contribution in [1.29, 1.82) is 0 Å². The molecule has 3 aromatic rings. The number of hydrogen-bond donors (Lipinski definition) is 5. The largest absolute Gasteiger partial charge is 0.508 e. The second-order valence-electron chi connectivity index (χ2n) is 9.70. The summed E-state index contributed by atoms with van der Waals surface area (Å²) < 4.78 is 0. The van der Waals surface area contributed by atoms with Crippen molar-refractivity contribution in [1.82, 2.24) is 0 Å². The molecule has 0 heterocycles. The van der Waals surface area contributed by atoms with Crippen molar-refractivity contribution in [3.63, 3.8) is 0 Å². The minimum atomic E-state index is -0.374. The molecule has 0 bridgehead atoms. The van der Waals surface area contributed by atoms with E-state index in [-0.39, 0.29) is 86.7 Å². The van der Waals surface area contributed by atoms with E-state index in [1.54, 1.807) is 36.4 Å². The van der Waals surface area contributed by atoms with Crippen LogP contribution in [0.15, 0.2) is 54.6 Å². The van der Waals surface area contributed by atoms with E-state index >= 15 is 0 Å². The van der Waals surface area contributed by atoms with Crippen molar-refractivity contribution in [3.8, 4) is 17.2 Å². The number of aryl methyl sites for hydroxylation is 3. The van der Waals surface area contributed by atoms with E-state index in [1.807, 2.05) is 18.2 Å². The number of hydrogen-bond acceptors (Lipinski definition) is 6. The van der Waals surface area contributed by atoms with E-state index in [1.165, 1.54) is 11.1 Å². The van der Waals surface area contributed by atoms with Crippen LogP contribution < -0.4 is 0 Å². The Hall–Kier alpha value is -1.91. The van der Waals surface area contributed by atoms with E-state index < -0.39 is 0 Å². The predicted octanol–water partition coefficient (Wildman–Crippen LogP) is 6.07. The fourth-order valence-corrected chi connectivity index (χ4v) is 5.14. The number of rotatable bonds is 0. The summed E-state index contributed by atoms with van der Waals surface area (Å²) in [5.74, 6) is 0.834. The van der Waals surface area contributed by atoms with Gasteiger partial charge in [0.2, 0.25) is 0 Å². The Morgan fingerprint density at radius 3 is 1.50 bits per heavy atom. The molecule has 0 fully saturated rings. The van der Waals surface area contributed by atoms with Gasteiger partial charge in [-0.3, -0.25) is 4.79 Å². The number of aliphatic hydroxyl groups excluding tert-OH is 2. The van der Waals surface area contributed by atoms with E-state index in [0.717, 1.165) is 68.1 Å². The zero-order valence-corrected chi connectivity index (χ0v) is 25.7. The monoisotopic (exact) mass is 733 g/mol. The summed E-state index contributed by atoms with van der Waals surface area (Å²) in [4.78, 5) is 11.3. The Kier molecular flexibility index (Phi) is 12.8. The number of ketones is 1. The number of carbonyl (C=O) groups excluding carboxylic acids is 1. The first-order valence-electron chi connectivity index (χ1n) is 12.7. The molecule has 0 saturated carbocycles. The van der Waals surface area contributed by atoms with Crippen molar-refractivity contribution >= 4 is 5.78 Å². The van der Waals surface area contributed by atoms with Crippen molar-refractivity contribution in [3.05, 3.63) is 88.0 Å². The van der Waals surface area contributed by atoms with Gasteiger partial charge in [-0.1, -0.05) is 25.6 Å². The Balaban J connectivity index is 0.000000195. The van der Waals surface area contributed by atoms with E-state index in [9.17, 15) is 25.2 Å². The van der Waals surface area contributed by atoms with Crippen LogP contribution in [0.25, 0.3) is 0 Å². The molecule has 6 rings (SSSR count). The number of phenols is 3. The minimum Gasteiger partial charge on any atom is -0.508 e. The third kappa shape index (κ3) is 8.29. The molecule has 3 aliphatic rings. The summed E-state index contributed by atoms with van der Waals surface area (Å²) in [6, 6.07) is 15.5. The van der Waals surface area contributed by atoms with Crippen LogP contribution in [-0.4, -0.2) is 31.3 Å². The number of Topliss-reactive ketones (excluding diaryl/α,β-unsaturated/α-hetero) is 1. The number of phenolic OH excluding ortho intramolecular Hbond substituents is 3. The molecule has 0 aromatic heterocycles. The van der Waals surface area contributed by atoms with Crippen LogP contribution in [0.2, 0.25) is 0 Å². The molecule has 0 saturated heterocycles. The molecule has 5 N–H and O–H groups in total. The van der Waals surface area contributed by atoms with Gasteiger partial charge in [-0.05, 0) is 116 Å². The first-order valence-corrected chi connectivity index (χ1v) is 12.7.